The molecule has 0 radical (unpaired) electrons. The van der Waals surface area contributed by atoms with E-state index in [9.17, 15) is 4.79 Å². The summed E-state index contributed by atoms with van der Waals surface area (Å²) in [6.45, 7) is 1.92. The average molecular weight is 401 g/mol. The van der Waals surface area contributed by atoms with Crippen LogP contribution in [0.5, 0.6) is 17.4 Å². The number of aromatic nitrogens is 4. The number of anilines is 1. The highest BCUT2D eigenvalue weighted by Gasteiger charge is 2.06. The maximum Gasteiger partial charge on any atom is 0.262 e. The summed E-state index contributed by atoms with van der Waals surface area (Å²) in [6, 6.07) is 18.0. The van der Waals surface area contributed by atoms with Crippen LogP contribution in [0.2, 0.25) is 0 Å². The highest BCUT2D eigenvalue weighted by atomic mass is 16.5. The van der Waals surface area contributed by atoms with Crippen molar-refractivity contribution in [2.24, 2.45) is 0 Å². The Bertz CT molecular complexity index is 1110. The molecule has 0 aliphatic heterocycles. The molecule has 0 saturated carbocycles. The van der Waals surface area contributed by atoms with E-state index in [1.165, 1.54) is 6.33 Å². The standard InChI is InChI=1S/C22H19N5O3/c1-16-3-7-18(8-4-16)29-14-21(28)26-17-5-9-19(10-6-17)30-22-13-20(23-15-24-22)27-12-2-11-25-27/h2-13,15H,14H2,1H3,(H,26,28). The van der Waals surface area contributed by atoms with Gasteiger partial charge in [0, 0.05) is 24.1 Å². The molecule has 0 saturated heterocycles. The van der Waals surface area contributed by atoms with Gasteiger partial charge in [-0.1, -0.05) is 17.7 Å². The number of benzene rings is 2. The molecule has 0 atom stereocenters. The minimum atomic E-state index is -0.246. The summed E-state index contributed by atoms with van der Waals surface area (Å²) >= 11 is 0. The summed E-state index contributed by atoms with van der Waals surface area (Å²) in [5.74, 6) is 1.97. The van der Waals surface area contributed by atoms with E-state index in [-0.39, 0.29) is 12.5 Å². The van der Waals surface area contributed by atoms with E-state index in [0.29, 0.717) is 28.9 Å². The minimum Gasteiger partial charge on any atom is -0.484 e. The molecule has 1 amide bonds. The quantitative estimate of drug-likeness (QED) is 0.507. The summed E-state index contributed by atoms with van der Waals surface area (Å²) < 4.78 is 12.9. The molecule has 30 heavy (non-hydrogen) atoms. The van der Waals surface area contributed by atoms with E-state index in [4.69, 9.17) is 9.47 Å². The molecule has 0 aliphatic rings. The Labute approximate surface area is 173 Å². The third-order valence-corrected chi connectivity index (χ3v) is 4.12. The number of hydrogen-bond acceptors (Lipinski definition) is 6. The molecule has 150 valence electrons. The van der Waals surface area contributed by atoms with Crippen molar-refractivity contribution in [1.82, 2.24) is 19.7 Å². The first kappa shape index (κ1) is 19.1. The summed E-state index contributed by atoms with van der Waals surface area (Å²) in [6.07, 6.45) is 4.86. The number of carbonyl (C=O) groups is 1. The summed E-state index contributed by atoms with van der Waals surface area (Å²) in [7, 11) is 0. The molecule has 2 heterocycles. The zero-order chi connectivity index (χ0) is 20.8. The van der Waals surface area contributed by atoms with E-state index in [0.717, 1.165) is 5.56 Å². The molecule has 1 N–H and O–H groups in total. The Morgan fingerprint density at radius 3 is 2.53 bits per heavy atom. The smallest absolute Gasteiger partial charge is 0.262 e. The Morgan fingerprint density at radius 1 is 1.03 bits per heavy atom. The summed E-state index contributed by atoms with van der Waals surface area (Å²) in [5.41, 5.74) is 1.77. The van der Waals surface area contributed by atoms with Gasteiger partial charge in [-0.3, -0.25) is 4.79 Å². The predicted octanol–water partition coefficient (Wildman–Crippen LogP) is 3.78. The molecule has 2 aromatic carbocycles. The van der Waals surface area contributed by atoms with Gasteiger partial charge >= 0.3 is 0 Å². The van der Waals surface area contributed by atoms with E-state index in [1.54, 1.807) is 47.4 Å². The van der Waals surface area contributed by atoms with E-state index >= 15 is 0 Å². The summed E-state index contributed by atoms with van der Waals surface area (Å²) in [4.78, 5) is 20.4. The monoisotopic (exact) mass is 401 g/mol. The SMILES string of the molecule is Cc1ccc(OCC(=O)Nc2ccc(Oc3cc(-n4cccn4)ncn3)cc2)cc1. The Hall–Kier alpha value is -4.20. The van der Waals surface area contributed by atoms with Gasteiger partial charge in [0.05, 0.1) is 0 Å². The molecular formula is C22H19N5O3. The van der Waals surface area contributed by atoms with Gasteiger partial charge < -0.3 is 14.8 Å². The molecule has 0 bridgehead atoms. The number of nitrogens with one attached hydrogen (secondary N) is 1. The number of ether oxygens (including phenoxy) is 2. The van der Waals surface area contributed by atoms with Crippen LogP contribution in [0.3, 0.4) is 0 Å². The van der Waals surface area contributed by atoms with Gasteiger partial charge in [-0.2, -0.15) is 5.10 Å². The van der Waals surface area contributed by atoms with Crippen LogP contribution < -0.4 is 14.8 Å². The first-order valence-electron chi connectivity index (χ1n) is 9.25. The lowest BCUT2D eigenvalue weighted by Crippen LogP contribution is -2.20. The lowest BCUT2D eigenvalue weighted by atomic mass is 10.2. The molecule has 0 unspecified atom stereocenters. The normalized spacial score (nSPS) is 10.4. The zero-order valence-electron chi connectivity index (χ0n) is 16.2. The average Bonchev–Trinajstić information content (AvgIpc) is 3.30. The molecule has 8 nitrogen and oxygen atoms in total. The van der Waals surface area contributed by atoms with Gasteiger partial charge in [0.15, 0.2) is 12.4 Å². The van der Waals surface area contributed by atoms with Crippen molar-refractivity contribution in [3.8, 4) is 23.2 Å². The zero-order valence-corrected chi connectivity index (χ0v) is 16.2. The third-order valence-electron chi connectivity index (χ3n) is 4.12. The number of amides is 1. The number of nitrogens with zero attached hydrogens (tertiary/aromatic N) is 4. The second kappa shape index (κ2) is 8.87. The first-order valence-corrected chi connectivity index (χ1v) is 9.25. The van der Waals surface area contributed by atoms with Crippen molar-refractivity contribution in [3.63, 3.8) is 0 Å². The molecule has 4 aromatic rings. The molecule has 0 spiro atoms. The molecular weight excluding hydrogens is 382 g/mol. The van der Waals surface area contributed by atoms with Gasteiger partial charge in [-0.15, -0.1) is 0 Å². The van der Waals surface area contributed by atoms with Crippen LogP contribution in [-0.4, -0.2) is 32.3 Å². The molecule has 0 aliphatic carbocycles. The molecule has 4 rings (SSSR count). The van der Waals surface area contributed by atoms with Gasteiger partial charge in [-0.25, -0.2) is 14.6 Å². The Kier molecular flexibility index (Phi) is 5.66. The fourth-order valence-corrected chi connectivity index (χ4v) is 2.62. The van der Waals surface area contributed by atoms with E-state index < -0.39 is 0 Å². The van der Waals surface area contributed by atoms with Gasteiger partial charge in [-0.05, 0) is 49.4 Å². The third kappa shape index (κ3) is 4.99. The number of aryl methyl sites for hydroxylation is 1. The van der Waals surface area contributed by atoms with Gasteiger partial charge in [0.1, 0.15) is 17.8 Å². The highest BCUT2D eigenvalue weighted by molar-refractivity contribution is 5.91. The second-order valence-corrected chi connectivity index (χ2v) is 6.44. The second-order valence-electron chi connectivity index (χ2n) is 6.44. The predicted molar refractivity (Wildman–Crippen MR) is 111 cm³/mol. The fourth-order valence-electron chi connectivity index (χ4n) is 2.62. The molecule has 8 heteroatoms. The van der Waals surface area contributed by atoms with Crippen LogP contribution in [0.25, 0.3) is 5.82 Å². The van der Waals surface area contributed by atoms with Crippen LogP contribution in [0.1, 0.15) is 5.56 Å². The maximum absolute atomic E-state index is 12.1. The van der Waals surface area contributed by atoms with Crippen molar-refractivity contribution >= 4 is 11.6 Å². The minimum absolute atomic E-state index is 0.0710. The summed E-state index contributed by atoms with van der Waals surface area (Å²) in [5, 5.41) is 6.92. The van der Waals surface area contributed by atoms with Crippen molar-refractivity contribution in [1.29, 1.82) is 0 Å². The van der Waals surface area contributed by atoms with Crippen LogP contribution in [0.4, 0.5) is 5.69 Å². The maximum atomic E-state index is 12.1. The van der Waals surface area contributed by atoms with Crippen LogP contribution in [0, 0.1) is 6.92 Å². The Morgan fingerprint density at radius 2 is 1.80 bits per heavy atom. The lowest BCUT2D eigenvalue weighted by molar-refractivity contribution is -0.118. The number of hydrogen-bond donors (Lipinski definition) is 1. The van der Waals surface area contributed by atoms with Crippen LogP contribution in [0.15, 0.2) is 79.4 Å². The van der Waals surface area contributed by atoms with Gasteiger partial charge in [0.25, 0.3) is 5.91 Å². The topological polar surface area (TPSA) is 91.2 Å². The van der Waals surface area contributed by atoms with Gasteiger partial charge in [0.2, 0.25) is 5.88 Å². The number of carbonyl (C=O) groups excluding carboxylic acids is 1. The van der Waals surface area contributed by atoms with Crippen molar-refractivity contribution in [2.75, 3.05) is 11.9 Å². The molecule has 2 aromatic heterocycles. The van der Waals surface area contributed by atoms with E-state index in [1.807, 2.05) is 37.3 Å². The van der Waals surface area contributed by atoms with E-state index in [2.05, 4.69) is 20.4 Å². The highest BCUT2D eigenvalue weighted by Crippen LogP contribution is 2.22. The first-order chi connectivity index (χ1) is 14.7. The van der Waals surface area contributed by atoms with Crippen molar-refractivity contribution in [2.45, 2.75) is 6.92 Å². The lowest BCUT2D eigenvalue weighted by Gasteiger charge is -2.09. The van der Waals surface area contributed by atoms with Crippen LogP contribution in [-0.2, 0) is 4.79 Å². The Balaban J connectivity index is 1.32. The number of rotatable bonds is 7. The largest absolute Gasteiger partial charge is 0.484 e. The van der Waals surface area contributed by atoms with Crippen molar-refractivity contribution in [3.05, 3.63) is 84.9 Å². The van der Waals surface area contributed by atoms with Crippen molar-refractivity contribution < 1.29 is 14.3 Å². The molecule has 0 fully saturated rings. The fraction of sp³-hybridized carbons (Fsp3) is 0.0909. The van der Waals surface area contributed by atoms with Crippen LogP contribution >= 0.6 is 0 Å².